The maximum atomic E-state index is 12.8. The van der Waals surface area contributed by atoms with Crippen LogP contribution in [0.3, 0.4) is 0 Å². The number of urea groups is 1. The molecule has 3 heterocycles. The molecule has 1 atom stereocenters. The summed E-state index contributed by atoms with van der Waals surface area (Å²) in [6, 6.07) is 2.75. The van der Waals surface area contributed by atoms with Crippen molar-refractivity contribution in [2.45, 2.75) is 25.9 Å². The van der Waals surface area contributed by atoms with Crippen molar-refractivity contribution >= 4 is 17.5 Å². The molecular weight excluding hydrogens is 311 g/mol. The number of piperidine rings is 1. The normalized spacial score (nSPS) is 19.1. The Kier molecular flexibility index (Phi) is 3.87. The molecule has 9 heteroatoms. The fourth-order valence-electron chi connectivity index (χ4n) is 2.72. The van der Waals surface area contributed by atoms with Gasteiger partial charge >= 0.3 is 12.2 Å². The first-order valence-corrected chi connectivity index (χ1v) is 7.28. The van der Waals surface area contributed by atoms with Crippen molar-refractivity contribution in [1.82, 2.24) is 19.5 Å². The van der Waals surface area contributed by atoms with E-state index < -0.39 is 18.1 Å². The van der Waals surface area contributed by atoms with Crippen LogP contribution in [0.5, 0.6) is 0 Å². The number of fused-ring (bicyclic) bond motifs is 1. The monoisotopic (exact) mass is 327 g/mol. The highest BCUT2D eigenvalue weighted by molar-refractivity contribution is 5.88. The van der Waals surface area contributed by atoms with Crippen LogP contribution >= 0.6 is 0 Å². The summed E-state index contributed by atoms with van der Waals surface area (Å²) in [5.74, 6) is -1.09. The highest BCUT2D eigenvalue weighted by Gasteiger charge is 2.42. The predicted molar refractivity (Wildman–Crippen MR) is 77.1 cm³/mol. The molecule has 0 saturated carbocycles. The van der Waals surface area contributed by atoms with E-state index in [1.807, 2.05) is 0 Å². The SMILES string of the molecule is Cc1cc2nccc(NC(=O)N3CCC[C@H](C(F)(F)F)C3)n2n1. The van der Waals surface area contributed by atoms with Crippen LogP contribution in [0, 0.1) is 12.8 Å². The number of rotatable bonds is 1. The van der Waals surface area contributed by atoms with Crippen LogP contribution in [-0.2, 0) is 0 Å². The highest BCUT2D eigenvalue weighted by Crippen LogP contribution is 2.33. The van der Waals surface area contributed by atoms with Crippen LogP contribution in [0.2, 0.25) is 0 Å². The molecule has 0 spiro atoms. The van der Waals surface area contributed by atoms with E-state index in [0.29, 0.717) is 24.4 Å². The lowest BCUT2D eigenvalue weighted by Crippen LogP contribution is -2.46. The second-order valence-electron chi connectivity index (χ2n) is 5.64. The zero-order valence-electron chi connectivity index (χ0n) is 12.5. The molecule has 2 aromatic heterocycles. The predicted octanol–water partition coefficient (Wildman–Crippen LogP) is 2.84. The highest BCUT2D eigenvalue weighted by atomic mass is 19.4. The standard InChI is InChI=1S/C14H16F3N5O/c1-9-7-12-18-5-4-11(22(12)20-9)19-13(23)21-6-2-3-10(8-21)14(15,16)17/h4-5,7,10H,2-3,6,8H2,1H3,(H,19,23)/t10-/m0/s1. The maximum absolute atomic E-state index is 12.8. The third-order valence-electron chi connectivity index (χ3n) is 3.89. The summed E-state index contributed by atoms with van der Waals surface area (Å²) in [5, 5.41) is 6.83. The molecule has 1 N–H and O–H groups in total. The minimum atomic E-state index is -4.28. The number of hydrogen-bond acceptors (Lipinski definition) is 3. The lowest BCUT2D eigenvalue weighted by atomic mass is 9.98. The summed E-state index contributed by atoms with van der Waals surface area (Å²) < 4.78 is 40.0. The number of alkyl halides is 3. The van der Waals surface area contributed by atoms with Crippen LogP contribution in [-0.4, -0.2) is 44.8 Å². The van der Waals surface area contributed by atoms with Crippen LogP contribution in [0.1, 0.15) is 18.5 Å². The molecule has 0 aliphatic carbocycles. The molecule has 0 radical (unpaired) electrons. The minimum Gasteiger partial charge on any atom is -0.324 e. The van der Waals surface area contributed by atoms with E-state index in [-0.39, 0.29) is 13.0 Å². The number of halogens is 3. The Hall–Kier alpha value is -2.32. The number of carbonyl (C=O) groups is 1. The second kappa shape index (κ2) is 5.71. The number of anilines is 1. The number of amides is 2. The maximum Gasteiger partial charge on any atom is 0.393 e. The summed E-state index contributed by atoms with van der Waals surface area (Å²) >= 11 is 0. The topological polar surface area (TPSA) is 62.5 Å². The van der Waals surface area contributed by atoms with Crippen LogP contribution in [0.25, 0.3) is 5.65 Å². The Labute approximate surface area is 130 Å². The number of nitrogens with zero attached hydrogens (tertiary/aromatic N) is 4. The van der Waals surface area contributed by atoms with Gasteiger partial charge in [-0.3, -0.25) is 5.32 Å². The molecule has 6 nitrogen and oxygen atoms in total. The average molecular weight is 327 g/mol. The van der Waals surface area contributed by atoms with Gasteiger partial charge in [-0.15, -0.1) is 0 Å². The van der Waals surface area contributed by atoms with Gasteiger partial charge < -0.3 is 4.90 Å². The molecule has 23 heavy (non-hydrogen) atoms. The lowest BCUT2D eigenvalue weighted by Gasteiger charge is -2.33. The smallest absolute Gasteiger partial charge is 0.324 e. The van der Waals surface area contributed by atoms with Gasteiger partial charge in [-0.25, -0.2) is 9.78 Å². The Morgan fingerprint density at radius 1 is 1.43 bits per heavy atom. The van der Waals surface area contributed by atoms with E-state index in [0.717, 1.165) is 5.69 Å². The molecule has 0 unspecified atom stereocenters. The number of aromatic nitrogens is 3. The summed E-state index contributed by atoms with van der Waals surface area (Å²) in [5.41, 5.74) is 1.29. The van der Waals surface area contributed by atoms with Crippen molar-refractivity contribution in [1.29, 1.82) is 0 Å². The van der Waals surface area contributed by atoms with Gasteiger partial charge in [0.05, 0.1) is 11.6 Å². The Bertz CT molecular complexity index is 727. The summed E-state index contributed by atoms with van der Waals surface area (Å²) in [6.45, 7) is 1.78. The van der Waals surface area contributed by atoms with Gasteiger partial charge in [0.15, 0.2) is 5.65 Å². The van der Waals surface area contributed by atoms with Crippen LogP contribution < -0.4 is 5.32 Å². The first kappa shape index (κ1) is 15.6. The average Bonchev–Trinajstić information content (AvgIpc) is 2.88. The minimum absolute atomic E-state index is 0.0606. The van der Waals surface area contributed by atoms with Crippen molar-refractivity contribution in [2.75, 3.05) is 18.4 Å². The Morgan fingerprint density at radius 3 is 2.96 bits per heavy atom. The fourth-order valence-corrected chi connectivity index (χ4v) is 2.72. The summed E-state index contributed by atoms with van der Waals surface area (Å²) in [4.78, 5) is 17.6. The van der Waals surface area contributed by atoms with E-state index in [1.54, 1.807) is 19.1 Å². The van der Waals surface area contributed by atoms with Crippen molar-refractivity contribution < 1.29 is 18.0 Å². The molecule has 1 aliphatic heterocycles. The van der Waals surface area contributed by atoms with Crippen molar-refractivity contribution in [2.24, 2.45) is 5.92 Å². The van der Waals surface area contributed by atoms with E-state index in [9.17, 15) is 18.0 Å². The molecule has 1 aliphatic rings. The van der Waals surface area contributed by atoms with Crippen molar-refractivity contribution in [3.05, 3.63) is 24.0 Å². The third kappa shape index (κ3) is 3.22. The van der Waals surface area contributed by atoms with Gasteiger partial charge in [0, 0.05) is 25.4 Å². The zero-order valence-corrected chi connectivity index (χ0v) is 12.5. The van der Waals surface area contributed by atoms with Gasteiger partial charge in [0.25, 0.3) is 0 Å². The molecule has 2 amide bonds. The van der Waals surface area contributed by atoms with E-state index in [1.165, 1.54) is 15.6 Å². The molecule has 1 saturated heterocycles. The van der Waals surface area contributed by atoms with Gasteiger partial charge in [0.2, 0.25) is 0 Å². The number of hydrogen-bond donors (Lipinski definition) is 1. The number of carbonyl (C=O) groups excluding carboxylic acids is 1. The van der Waals surface area contributed by atoms with Crippen molar-refractivity contribution in [3.63, 3.8) is 0 Å². The quantitative estimate of drug-likeness (QED) is 0.876. The van der Waals surface area contributed by atoms with Gasteiger partial charge in [-0.2, -0.15) is 22.8 Å². The molecule has 3 rings (SSSR count). The molecule has 0 aromatic carbocycles. The Balaban J connectivity index is 1.75. The van der Waals surface area contributed by atoms with Gasteiger partial charge in [0.1, 0.15) is 5.82 Å². The molecule has 1 fully saturated rings. The van der Waals surface area contributed by atoms with Crippen molar-refractivity contribution in [3.8, 4) is 0 Å². The molecule has 2 aromatic rings. The van der Waals surface area contributed by atoms with Crippen LogP contribution in [0.4, 0.5) is 23.8 Å². The zero-order chi connectivity index (χ0) is 16.6. The number of nitrogens with one attached hydrogen (secondary N) is 1. The fraction of sp³-hybridized carbons (Fsp3) is 0.500. The second-order valence-corrected chi connectivity index (χ2v) is 5.64. The Morgan fingerprint density at radius 2 is 2.22 bits per heavy atom. The van der Waals surface area contributed by atoms with Gasteiger partial charge in [-0.05, 0) is 25.8 Å². The summed E-state index contributed by atoms with van der Waals surface area (Å²) in [6.07, 6.45) is -2.36. The first-order valence-electron chi connectivity index (χ1n) is 7.28. The van der Waals surface area contributed by atoms with E-state index >= 15 is 0 Å². The van der Waals surface area contributed by atoms with E-state index in [2.05, 4.69) is 15.4 Å². The molecular formula is C14H16F3N5O. The van der Waals surface area contributed by atoms with E-state index in [4.69, 9.17) is 0 Å². The summed E-state index contributed by atoms with van der Waals surface area (Å²) in [7, 11) is 0. The number of likely N-dealkylation sites (tertiary alicyclic amines) is 1. The molecule has 124 valence electrons. The van der Waals surface area contributed by atoms with Crippen LogP contribution in [0.15, 0.2) is 18.3 Å². The third-order valence-corrected chi connectivity index (χ3v) is 3.89. The first-order chi connectivity index (χ1) is 10.8. The number of aryl methyl sites for hydroxylation is 1. The van der Waals surface area contributed by atoms with Gasteiger partial charge in [-0.1, -0.05) is 0 Å². The lowest BCUT2D eigenvalue weighted by molar-refractivity contribution is -0.183. The molecule has 0 bridgehead atoms. The largest absolute Gasteiger partial charge is 0.393 e.